The third kappa shape index (κ3) is 4.30. The Morgan fingerprint density at radius 2 is 2.11 bits per heavy atom. The molecule has 3 rings (SSSR count). The number of fused-ring (bicyclic) bond motifs is 1. The molecule has 1 atom stereocenters. The molecule has 1 aliphatic heterocycles. The first-order valence-corrected chi connectivity index (χ1v) is 9.39. The standard InChI is InChI=1S/C20H28N6O/c1-5-21-20(23-12-17-13(2)25-26(4)14(17)3)22-11-15-10-19(27)24-18-9-7-6-8-16(15)18/h6-9,15H,5,10-12H2,1-4H3,(H,24,27)(H2,21,22,23). The lowest BCUT2D eigenvalue weighted by Gasteiger charge is -2.26. The van der Waals surface area contributed by atoms with E-state index in [4.69, 9.17) is 4.99 Å². The van der Waals surface area contributed by atoms with Gasteiger partial charge in [-0.25, -0.2) is 4.99 Å². The number of para-hydroxylation sites is 1. The number of rotatable bonds is 5. The number of nitrogens with zero attached hydrogens (tertiary/aromatic N) is 3. The third-order valence-corrected chi connectivity index (χ3v) is 5.02. The number of aryl methyl sites for hydroxylation is 2. The first-order valence-electron chi connectivity index (χ1n) is 9.39. The second-order valence-electron chi connectivity index (χ2n) is 6.89. The number of carbonyl (C=O) groups is 1. The smallest absolute Gasteiger partial charge is 0.225 e. The number of amides is 1. The summed E-state index contributed by atoms with van der Waals surface area (Å²) in [5.74, 6) is 0.938. The van der Waals surface area contributed by atoms with Gasteiger partial charge < -0.3 is 16.0 Å². The Morgan fingerprint density at radius 3 is 2.81 bits per heavy atom. The van der Waals surface area contributed by atoms with Crippen molar-refractivity contribution in [2.75, 3.05) is 18.4 Å². The van der Waals surface area contributed by atoms with Crippen LogP contribution in [0.25, 0.3) is 0 Å². The molecule has 1 aromatic carbocycles. The number of hydrogen-bond donors (Lipinski definition) is 3. The quantitative estimate of drug-likeness (QED) is 0.558. The van der Waals surface area contributed by atoms with E-state index >= 15 is 0 Å². The second kappa shape index (κ2) is 8.24. The molecule has 2 heterocycles. The highest BCUT2D eigenvalue weighted by atomic mass is 16.1. The summed E-state index contributed by atoms with van der Waals surface area (Å²) in [5.41, 5.74) is 5.36. The number of carbonyl (C=O) groups excluding carboxylic acids is 1. The summed E-state index contributed by atoms with van der Waals surface area (Å²) in [6.07, 6.45) is 0.476. The van der Waals surface area contributed by atoms with Gasteiger partial charge in [0.05, 0.1) is 12.2 Å². The Bertz CT molecular complexity index is 854. The largest absolute Gasteiger partial charge is 0.357 e. The molecule has 0 bridgehead atoms. The Balaban J connectivity index is 1.71. The van der Waals surface area contributed by atoms with Crippen LogP contribution in [0, 0.1) is 13.8 Å². The number of aromatic nitrogens is 2. The number of nitrogens with one attached hydrogen (secondary N) is 3. The molecule has 7 nitrogen and oxygen atoms in total. The van der Waals surface area contributed by atoms with Gasteiger partial charge in [0.1, 0.15) is 0 Å². The maximum absolute atomic E-state index is 12.0. The Labute approximate surface area is 160 Å². The van der Waals surface area contributed by atoms with E-state index in [9.17, 15) is 4.79 Å². The highest BCUT2D eigenvalue weighted by molar-refractivity contribution is 5.94. The topological polar surface area (TPSA) is 83.3 Å². The lowest BCUT2D eigenvalue weighted by Crippen LogP contribution is -2.40. The van der Waals surface area contributed by atoms with E-state index in [0.29, 0.717) is 19.5 Å². The fourth-order valence-corrected chi connectivity index (χ4v) is 3.45. The first kappa shape index (κ1) is 18.9. The van der Waals surface area contributed by atoms with E-state index in [2.05, 4.69) is 34.0 Å². The molecule has 0 saturated heterocycles. The van der Waals surface area contributed by atoms with E-state index in [-0.39, 0.29) is 11.8 Å². The molecule has 2 aromatic rings. The molecule has 0 saturated carbocycles. The van der Waals surface area contributed by atoms with Crippen LogP contribution in [-0.2, 0) is 18.4 Å². The molecule has 27 heavy (non-hydrogen) atoms. The molecule has 0 radical (unpaired) electrons. The third-order valence-electron chi connectivity index (χ3n) is 5.02. The predicted molar refractivity (Wildman–Crippen MR) is 108 cm³/mol. The van der Waals surface area contributed by atoms with Crippen LogP contribution in [-0.4, -0.2) is 34.7 Å². The molecule has 1 aromatic heterocycles. The highest BCUT2D eigenvalue weighted by Gasteiger charge is 2.24. The average molecular weight is 368 g/mol. The van der Waals surface area contributed by atoms with Crippen LogP contribution in [0.4, 0.5) is 5.69 Å². The summed E-state index contributed by atoms with van der Waals surface area (Å²) in [5, 5.41) is 14.1. The van der Waals surface area contributed by atoms with Gasteiger partial charge in [-0.1, -0.05) is 18.2 Å². The monoisotopic (exact) mass is 368 g/mol. The van der Waals surface area contributed by atoms with Gasteiger partial charge in [0.2, 0.25) is 5.91 Å². The van der Waals surface area contributed by atoms with Gasteiger partial charge >= 0.3 is 0 Å². The zero-order valence-electron chi connectivity index (χ0n) is 16.5. The van der Waals surface area contributed by atoms with Crippen LogP contribution < -0.4 is 16.0 Å². The van der Waals surface area contributed by atoms with Crippen molar-refractivity contribution in [3.63, 3.8) is 0 Å². The first-order chi connectivity index (χ1) is 13.0. The summed E-state index contributed by atoms with van der Waals surface area (Å²) < 4.78 is 1.89. The number of aliphatic imine (C=N–C) groups is 1. The van der Waals surface area contributed by atoms with Crippen molar-refractivity contribution in [1.82, 2.24) is 20.4 Å². The molecule has 1 amide bonds. The number of benzene rings is 1. The summed E-state index contributed by atoms with van der Waals surface area (Å²) >= 11 is 0. The molecule has 0 spiro atoms. The fourth-order valence-electron chi connectivity index (χ4n) is 3.45. The lowest BCUT2D eigenvalue weighted by molar-refractivity contribution is -0.116. The Kier molecular flexibility index (Phi) is 5.78. The SMILES string of the molecule is CCNC(=NCc1c(C)nn(C)c1C)NCC1CC(=O)Nc2ccccc21. The molecular formula is C20H28N6O. The maximum atomic E-state index is 12.0. The maximum Gasteiger partial charge on any atom is 0.225 e. The zero-order chi connectivity index (χ0) is 19.4. The summed E-state index contributed by atoms with van der Waals surface area (Å²) in [7, 11) is 1.95. The van der Waals surface area contributed by atoms with Gasteiger partial charge in [-0.05, 0) is 32.4 Å². The fraction of sp³-hybridized carbons (Fsp3) is 0.450. The Morgan fingerprint density at radius 1 is 1.33 bits per heavy atom. The van der Waals surface area contributed by atoms with Gasteiger partial charge in [-0.3, -0.25) is 9.48 Å². The normalized spacial score (nSPS) is 16.7. The minimum Gasteiger partial charge on any atom is -0.357 e. The molecule has 3 N–H and O–H groups in total. The van der Waals surface area contributed by atoms with Gasteiger partial charge in [-0.2, -0.15) is 5.10 Å². The second-order valence-corrected chi connectivity index (χ2v) is 6.89. The van der Waals surface area contributed by atoms with Crippen molar-refractivity contribution in [3.8, 4) is 0 Å². The highest BCUT2D eigenvalue weighted by Crippen LogP contribution is 2.31. The predicted octanol–water partition coefficient (Wildman–Crippen LogP) is 2.22. The van der Waals surface area contributed by atoms with Crippen molar-refractivity contribution >= 4 is 17.6 Å². The van der Waals surface area contributed by atoms with Gasteiger partial charge in [-0.15, -0.1) is 0 Å². The van der Waals surface area contributed by atoms with Crippen LogP contribution in [0.5, 0.6) is 0 Å². The van der Waals surface area contributed by atoms with Crippen molar-refractivity contribution in [2.45, 2.75) is 39.7 Å². The van der Waals surface area contributed by atoms with Crippen molar-refractivity contribution < 1.29 is 4.79 Å². The van der Waals surface area contributed by atoms with Crippen LogP contribution in [0.1, 0.15) is 41.8 Å². The van der Waals surface area contributed by atoms with E-state index < -0.39 is 0 Å². The molecule has 0 aliphatic carbocycles. The van der Waals surface area contributed by atoms with Crippen LogP contribution >= 0.6 is 0 Å². The van der Waals surface area contributed by atoms with E-state index in [1.165, 1.54) is 5.56 Å². The number of hydrogen-bond acceptors (Lipinski definition) is 3. The minimum absolute atomic E-state index is 0.0593. The summed E-state index contributed by atoms with van der Waals surface area (Å²) in [4.78, 5) is 16.7. The molecular weight excluding hydrogens is 340 g/mol. The van der Waals surface area contributed by atoms with Crippen molar-refractivity contribution in [2.24, 2.45) is 12.0 Å². The number of guanidine groups is 1. The van der Waals surface area contributed by atoms with Gasteiger partial charge in [0, 0.05) is 49.4 Å². The van der Waals surface area contributed by atoms with Crippen LogP contribution in [0.3, 0.4) is 0 Å². The summed E-state index contributed by atoms with van der Waals surface area (Å²) in [6.45, 7) is 8.11. The number of anilines is 1. The van der Waals surface area contributed by atoms with E-state index in [1.807, 2.05) is 43.8 Å². The minimum atomic E-state index is 0.0593. The van der Waals surface area contributed by atoms with E-state index in [0.717, 1.165) is 35.1 Å². The zero-order valence-corrected chi connectivity index (χ0v) is 16.5. The lowest BCUT2D eigenvalue weighted by atomic mass is 9.90. The summed E-state index contributed by atoms with van der Waals surface area (Å²) in [6, 6.07) is 7.98. The molecule has 7 heteroatoms. The molecule has 144 valence electrons. The van der Waals surface area contributed by atoms with E-state index in [1.54, 1.807) is 0 Å². The van der Waals surface area contributed by atoms with Gasteiger partial charge in [0.15, 0.2) is 5.96 Å². The van der Waals surface area contributed by atoms with Crippen molar-refractivity contribution in [3.05, 3.63) is 46.8 Å². The van der Waals surface area contributed by atoms with Gasteiger partial charge in [0.25, 0.3) is 0 Å². The Hall–Kier alpha value is -2.83. The van der Waals surface area contributed by atoms with Crippen LogP contribution in [0.15, 0.2) is 29.3 Å². The van der Waals surface area contributed by atoms with Crippen LogP contribution in [0.2, 0.25) is 0 Å². The molecule has 1 unspecified atom stereocenters. The van der Waals surface area contributed by atoms with Crippen molar-refractivity contribution in [1.29, 1.82) is 0 Å². The average Bonchev–Trinajstić information content (AvgIpc) is 2.89. The molecule has 1 aliphatic rings. The molecule has 0 fully saturated rings.